The van der Waals surface area contributed by atoms with Crippen LogP contribution in [0.1, 0.15) is 15.9 Å². The minimum atomic E-state index is -0.573. The molecule has 0 saturated carbocycles. The number of aliphatic hydroxyl groups is 1. The van der Waals surface area contributed by atoms with Gasteiger partial charge in [-0.25, -0.2) is 4.39 Å². The van der Waals surface area contributed by atoms with Gasteiger partial charge in [-0.15, -0.1) is 0 Å². The lowest BCUT2D eigenvalue weighted by Crippen LogP contribution is -2.40. The van der Waals surface area contributed by atoms with Gasteiger partial charge in [0.1, 0.15) is 5.82 Å². The summed E-state index contributed by atoms with van der Waals surface area (Å²) in [5.74, 6) is -1.13. The second-order valence-electron chi connectivity index (χ2n) is 3.79. The summed E-state index contributed by atoms with van der Waals surface area (Å²) in [6.45, 7) is 1.66. The molecule has 1 rings (SSSR count). The van der Waals surface area contributed by atoms with Crippen molar-refractivity contribution >= 4 is 5.91 Å². The monoisotopic (exact) mass is 241 g/mol. The van der Waals surface area contributed by atoms with Crippen LogP contribution in [-0.2, 0) is 4.74 Å². The van der Waals surface area contributed by atoms with Crippen molar-refractivity contribution in [3.05, 3.63) is 35.1 Å². The van der Waals surface area contributed by atoms with E-state index in [0.29, 0.717) is 0 Å². The number of carbonyl (C=O) groups excluding carboxylic acids is 1. The van der Waals surface area contributed by atoms with Crippen molar-refractivity contribution in [3.63, 3.8) is 0 Å². The molecule has 17 heavy (non-hydrogen) atoms. The molecular weight excluding hydrogens is 225 g/mol. The first kappa shape index (κ1) is 13.6. The van der Waals surface area contributed by atoms with Crippen LogP contribution in [0.4, 0.5) is 4.39 Å². The Kier molecular flexibility index (Phi) is 5.06. The Bertz CT molecular complexity index is 395. The molecule has 0 fully saturated rings. The second-order valence-corrected chi connectivity index (χ2v) is 3.79. The highest BCUT2D eigenvalue weighted by Gasteiger charge is 2.15. The molecule has 1 amide bonds. The molecule has 0 aliphatic rings. The van der Waals surface area contributed by atoms with E-state index in [-0.39, 0.29) is 18.8 Å². The van der Waals surface area contributed by atoms with Gasteiger partial charge in [-0.3, -0.25) is 4.79 Å². The third-order valence-corrected chi connectivity index (χ3v) is 2.29. The highest BCUT2D eigenvalue weighted by molar-refractivity contribution is 5.94. The van der Waals surface area contributed by atoms with Crippen LogP contribution in [0.5, 0.6) is 0 Å². The van der Waals surface area contributed by atoms with E-state index in [0.717, 1.165) is 5.56 Å². The number of aliphatic hydroxyl groups excluding tert-OH is 1. The molecule has 0 aliphatic carbocycles. The Morgan fingerprint density at radius 3 is 2.82 bits per heavy atom. The molecule has 0 radical (unpaired) electrons. The van der Waals surface area contributed by atoms with Crippen LogP contribution in [0.3, 0.4) is 0 Å². The maximum atomic E-state index is 13.5. The van der Waals surface area contributed by atoms with Crippen LogP contribution < -0.4 is 5.32 Å². The van der Waals surface area contributed by atoms with E-state index in [2.05, 4.69) is 5.32 Å². The minimum Gasteiger partial charge on any atom is -0.394 e. The molecule has 5 heteroatoms. The van der Waals surface area contributed by atoms with E-state index in [9.17, 15) is 9.18 Å². The first-order valence-corrected chi connectivity index (χ1v) is 5.25. The molecule has 0 aliphatic heterocycles. The molecule has 94 valence electrons. The molecule has 0 spiro atoms. The summed E-state index contributed by atoms with van der Waals surface area (Å²) in [7, 11) is 1.46. The molecule has 0 aromatic heterocycles. The number of aryl methyl sites for hydroxylation is 1. The summed E-state index contributed by atoms with van der Waals surface area (Å²) in [5.41, 5.74) is 0.708. The van der Waals surface area contributed by atoms with E-state index in [1.165, 1.54) is 19.2 Å². The van der Waals surface area contributed by atoms with Crippen LogP contribution in [0.15, 0.2) is 18.2 Å². The molecule has 1 aromatic rings. The zero-order valence-corrected chi connectivity index (χ0v) is 9.87. The van der Waals surface area contributed by atoms with Gasteiger partial charge in [0.2, 0.25) is 0 Å². The van der Waals surface area contributed by atoms with Crippen LogP contribution in [0.25, 0.3) is 0 Å². The fourth-order valence-electron chi connectivity index (χ4n) is 1.41. The molecule has 1 atom stereocenters. The zero-order valence-electron chi connectivity index (χ0n) is 9.87. The van der Waals surface area contributed by atoms with E-state index < -0.39 is 17.8 Å². The smallest absolute Gasteiger partial charge is 0.254 e. The second kappa shape index (κ2) is 6.32. The fraction of sp³-hybridized carbons (Fsp3) is 0.417. The highest BCUT2D eigenvalue weighted by Crippen LogP contribution is 2.09. The van der Waals surface area contributed by atoms with E-state index in [4.69, 9.17) is 9.84 Å². The van der Waals surface area contributed by atoms with Crippen LogP contribution >= 0.6 is 0 Å². The third-order valence-electron chi connectivity index (χ3n) is 2.29. The number of nitrogens with one attached hydrogen (secondary N) is 1. The zero-order chi connectivity index (χ0) is 12.8. The number of hydrogen-bond acceptors (Lipinski definition) is 3. The van der Waals surface area contributed by atoms with Gasteiger partial charge in [-0.05, 0) is 24.6 Å². The summed E-state index contributed by atoms with van der Waals surface area (Å²) in [6, 6.07) is 3.83. The highest BCUT2D eigenvalue weighted by atomic mass is 19.1. The van der Waals surface area contributed by atoms with Crippen molar-refractivity contribution in [1.29, 1.82) is 0 Å². The topological polar surface area (TPSA) is 58.6 Å². The predicted molar refractivity (Wildman–Crippen MR) is 61.4 cm³/mol. The van der Waals surface area contributed by atoms with Crippen molar-refractivity contribution in [2.24, 2.45) is 0 Å². The van der Waals surface area contributed by atoms with Gasteiger partial charge in [0.05, 0.1) is 24.8 Å². The Labute approximate surface area is 99.4 Å². The average Bonchev–Trinajstić information content (AvgIpc) is 2.28. The van der Waals surface area contributed by atoms with E-state index in [1.807, 2.05) is 0 Å². The largest absolute Gasteiger partial charge is 0.394 e. The number of halogens is 1. The van der Waals surface area contributed by atoms with Gasteiger partial charge in [0.25, 0.3) is 5.91 Å². The molecule has 0 bridgehead atoms. The van der Waals surface area contributed by atoms with Crippen molar-refractivity contribution in [2.45, 2.75) is 13.0 Å². The normalized spacial score (nSPS) is 12.2. The number of benzene rings is 1. The molecule has 0 saturated heterocycles. The van der Waals surface area contributed by atoms with Gasteiger partial charge in [0, 0.05) is 7.11 Å². The molecular formula is C12H16FNO3. The summed E-state index contributed by atoms with van der Waals surface area (Å²) >= 11 is 0. The number of amides is 1. The van der Waals surface area contributed by atoms with Crippen molar-refractivity contribution in [1.82, 2.24) is 5.32 Å². The van der Waals surface area contributed by atoms with Crippen molar-refractivity contribution < 1.29 is 19.0 Å². The Morgan fingerprint density at radius 2 is 2.29 bits per heavy atom. The van der Waals surface area contributed by atoms with Crippen LogP contribution in [0.2, 0.25) is 0 Å². The quantitative estimate of drug-likeness (QED) is 0.804. The maximum Gasteiger partial charge on any atom is 0.254 e. The maximum absolute atomic E-state index is 13.5. The summed E-state index contributed by atoms with van der Waals surface area (Å²) in [6.07, 6.45) is 0. The predicted octanol–water partition coefficient (Wildman–Crippen LogP) is 0.871. The fourth-order valence-corrected chi connectivity index (χ4v) is 1.41. The van der Waals surface area contributed by atoms with Gasteiger partial charge >= 0.3 is 0 Å². The Balaban J connectivity index is 2.75. The summed E-state index contributed by atoms with van der Waals surface area (Å²) in [5, 5.41) is 11.5. The SMILES string of the molecule is COCC(CO)NC(=O)c1ccc(C)cc1F. The van der Waals surface area contributed by atoms with Crippen molar-refractivity contribution in [2.75, 3.05) is 20.3 Å². The van der Waals surface area contributed by atoms with E-state index >= 15 is 0 Å². The summed E-state index contributed by atoms with van der Waals surface area (Å²) in [4.78, 5) is 11.7. The van der Waals surface area contributed by atoms with Gasteiger partial charge < -0.3 is 15.2 Å². The van der Waals surface area contributed by atoms with Crippen LogP contribution in [-0.4, -0.2) is 37.4 Å². The first-order chi connectivity index (χ1) is 8.08. The lowest BCUT2D eigenvalue weighted by molar-refractivity contribution is 0.0836. The first-order valence-electron chi connectivity index (χ1n) is 5.25. The minimum absolute atomic E-state index is 0.0369. The standard InChI is InChI=1S/C12H16FNO3/c1-8-3-4-10(11(13)5-8)12(16)14-9(6-15)7-17-2/h3-5,9,15H,6-7H2,1-2H3,(H,14,16). The van der Waals surface area contributed by atoms with Gasteiger partial charge in [0.15, 0.2) is 0 Å². The molecule has 1 aromatic carbocycles. The number of ether oxygens (including phenoxy) is 1. The number of rotatable bonds is 5. The lowest BCUT2D eigenvalue weighted by atomic mass is 10.1. The lowest BCUT2D eigenvalue weighted by Gasteiger charge is -2.15. The van der Waals surface area contributed by atoms with E-state index in [1.54, 1.807) is 13.0 Å². The van der Waals surface area contributed by atoms with Gasteiger partial charge in [-0.1, -0.05) is 6.07 Å². The molecule has 0 heterocycles. The number of carbonyl (C=O) groups is 1. The number of hydrogen-bond donors (Lipinski definition) is 2. The van der Waals surface area contributed by atoms with Gasteiger partial charge in [-0.2, -0.15) is 0 Å². The Hall–Kier alpha value is -1.46. The summed E-state index contributed by atoms with van der Waals surface area (Å²) < 4.78 is 18.3. The molecule has 4 nitrogen and oxygen atoms in total. The third kappa shape index (κ3) is 3.80. The average molecular weight is 241 g/mol. The Morgan fingerprint density at radius 1 is 1.59 bits per heavy atom. The molecule has 2 N–H and O–H groups in total. The van der Waals surface area contributed by atoms with Crippen LogP contribution in [0, 0.1) is 12.7 Å². The van der Waals surface area contributed by atoms with Crippen molar-refractivity contribution in [3.8, 4) is 0 Å². The number of methoxy groups -OCH3 is 1. The molecule has 1 unspecified atom stereocenters.